The molecule has 1 N–H and O–H groups in total. The number of H-pyrrole nitrogens is 1. The average molecular weight is 343 g/mol. The van der Waals surface area contributed by atoms with Gasteiger partial charge in [0.2, 0.25) is 0 Å². The lowest BCUT2D eigenvalue weighted by atomic mass is 9.89. The average Bonchev–Trinajstić information content (AvgIpc) is 2.61. The molecule has 1 aliphatic rings. The number of aryl methyl sites for hydroxylation is 1. The highest BCUT2D eigenvalue weighted by Gasteiger charge is 2.22. The first-order valence-electron chi connectivity index (χ1n) is 8.74. The lowest BCUT2D eigenvalue weighted by Gasteiger charge is -2.32. The van der Waals surface area contributed by atoms with E-state index in [9.17, 15) is 9.59 Å². The van der Waals surface area contributed by atoms with Crippen LogP contribution in [0.4, 0.5) is 0 Å². The molecule has 0 saturated carbocycles. The van der Waals surface area contributed by atoms with Crippen LogP contribution in [0.2, 0.25) is 0 Å². The summed E-state index contributed by atoms with van der Waals surface area (Å²) in [5, 5.41) is 0. The summed E-state index contributed by atoms with van der Waals surface area (Å²) in [6, 6.07) is 9.67. The second kappa shape index (κ2) is 7.70. The first kappa shape index (κ1) is 17.5. The summed E-state index contributed by atoms with van der Waals surface area (Å²) < 4.78 is 6.75. The number of benzene rings is 1. The van der Waals surface area contributed by atoms with Gasteiger partial charge in [0.15, 0.2) is 0 Å². The van der Waals surface area contributed by atoms with E-state index < -0.39 is 0 Å². The smallest absolute Gasteiger partial charge is 0.328 e. The van der Waals surface area contributed by atoms with Crippen LogP contribution < -0.4 is 16.0 Å². The van der Waals surface area contributed by atoms with Crippen LogP contribution in [0, 0.1) is 6.92 Å². The van der Waals surface area contributed by atoms with Crippen molar-refractivity contribution >= 4 is 0 Å². The molecular formula is C19H25N3O3. The van der Waals surface area contributed by atoms with E-state index in [2.05, 4.69) is 22.0 Å². The lowest BCUT2D eigenvalue weighted by Crippen LogP contribution is -2.41. The third-order valence-electron chi connectivity index (χ3n) is 4.96. The van der Waals surface area contributed by atoms with Gasteiger partial charge in [-0.15, -0.1) is 0 Å². The molecule has 25 heavy (non-hydrogen) atoms. The van der Waals surface area contributed by atoms with Crippen molar-refractivity contribution in [1.82, 2.24) is 14.5 Å². The zero-order chi connectivity index (χ0) is 17.8. The first-order valence-corrected chi connectivity index (χ1v) is 8.74. The Hall–Kier alpha value is -2.34. The number of para-hydroxylation sites is 1. The van der Waals surface area contributed by atoms with Crippen molar-refractivity contribution in [2.45, 2.75) is 32.2 Å². The van der Waals surface area contributed by atoms with Crippen LogP contribution in [0.25, 0.3) is 0 Å². The van der Waals surface area contributed by atoms with E-state index in [1.54, 1.807) is 14.0 Å². The largest absolute Gasteiger partial charge is 0.496 e. The Morgan fingerprint density at radius 2 is 1.88 bits per heavy atom. The van der Waals surface area contributed by atoms with E-state index in [1.807, 2.05) is 12.1 Å². The number of nitrogens with zero attached hydrogens (tertiary/aromatic N) is 2. The molecule has 2 heterocycles. The number of aromatic amines is 1. The molecule has 0 atom stereocenters. The Balaban J connectivity index is 1.58. The van der Waals surface area contributed by atoms with Crippen molar-refractivity contribution in [1.29, 1.82) is 0 Å². The van der Waals surface area contributed by atoms with Gasteiger partial charge < -0.3 is 14.6 Å². The van der Waals surface area contributed by atoms with E-state index >= 15 is 0 Å². The first-order chi connectivity index (χ1) is 12.1. The third kappa shape index (κ3) is 4.02. The maximum absolute atomic E-state index is 12.0. The summed E-state index contributed by atoms with van der Waals surface area (Å²) >= 11 is 0. The lowest BCUT2D eigenvalue weighted by molar-refractivity contribution is 0.202. The van der Waals surface area contributed by atoms with Crippen molar-refractivity contribution in [3.63, 3.8) is 0 Å². The molecule has 134 valence electrons. The van der Waals surface area contributed by atoms with Gasteiger partial charge >= 0.3 is 5.69 Å². The molecule has 0 amide bonds. The second-order valence-corrected chi connectivity index (χ2v) is 6.61. The molecule has 6 heteroatoms. The van der Waals surface area contributed by atoms with Gasteiger partial charge in [-0.25, -0.2) is 4.79 Å². The molecule has 1 fully saturated rings. The third-order valence-corrected chi connectivity index (χ3v) is 4.96. The fourth-order valence-electron chi connectivity index (χ4n) is 3.56. The van der Waals surface area contributed by atoms with E-state index in [1.165, 1.54) is 16.2 Å². The molecule has 0 spiro atoms. The highest BCUT2D eigenvalue weighted by atomic mass is 16.5. The maximum Gasteiger partial charge on any atom is 0.328 e. The Labute approximate surface area is 147 Å². The minimum absolute atomic E-state index is 0.231. The number of hydrogen-bond donors (Lipinski definition) is 1. The number of piperidine rings is 1. The normalized spacial score (nSPS) is 16.1. The maximum atomic E-state index is 12.0. The molecule has 1 aromatic heterocycles. The van der Waals surface area contributed by atoms with Crippen LogP contribution in [0.1, 0.15) is 30.0 Å². The molecule has 1 saturated heterocycles. The molecular weight excluding hydrogens is 318 g/mol. The van der Waals surface area contributed by atoms with Crippen molar-refractivity contribution in [3.05, 3.63) is 62.4 Å². The highest BCUT2D eigenvalue weighted by molar-refractivity contribution is 5.36. The minimum Gasteiger partial charge on any atom is -0.496 e. The summed E-state index contributed by atoms with van der Waals surface area (Å²) in [7, 11) is 1.71. The van der Waals surface area contributed by atoms with E-state index in [0.717, 1.165) is 31.7 Å². The topological polar surface area (TPSA) is 67.3 Å². The van der Waals surface area contributed by atoms with Gasteiger partial charge in [0.25, 0.3) is 5.56 Å². The summed E-state index contributed by atoms with van der Waals surface area (Å²) in [6.07, 6.45) is 2.11. The van der Waals surface area contributed by atoms with Crippen LogP contribution in [0.5, 0.6) is 5.75 Å². The Bertz CT molecular complexity index is 801. The second-order valence-electron chi connectivity index (χ2n) is 6.61. The van der Waals surface area contributed by atoms with E-state index in [-0.39, 0.29) is 11.2 Å². The summed E-state index contributed by atoms with van der Waals surface area (Å²) in [5.41, 5.74) is 1.32. The quantitative estimate of drug-likeness (QED) is 0.898. The number of likely N-dealkylation sites (tertiary alicyclic amines) is 1. The van der Waals surface area contributed by atoms with Gasteiger partial charge in [-0.1, -0.05) is 18.2 Å². The van der Waals surface area contributed by atoms with Gasteiger partial charge in [0.1, 0.15) is 5.75 Å². The molecule has 3 rings (SSSR count). The van der Waals surface area contributed by atoms with Gasteiger partial charge in [0, 0.05) is 24.8 Å². The number of methoxy groups -OCH3 is 1. The number of aromatic nitrogens is 2. The molecule has 0 aliphatic carbocycles. The number of rotatable bonds is 5. The van der Waals surface area contributed by atoms with Crippen LogP contribution in [-0.2, 0) is 6.54 Å². The summed E-state index contributed by atoms with van der Waals surface area (Å²) in [5.74, 6) is 1.46. The summed E-state index contributed by atoms with van der Waals surface area (Å²) in [6.45, 7) is 4.77. The van der Waals surface area contributed by atoms with Gasteiger partial charge in [-0.3, -0.25) is 9.36 Å². The fraction of sp³-hybridized carbons (Fsp3) is 0.474. The summed E-state index contributed by atoms with van der Waals surface area (Å²) in [4.78, 5) is 28.9. The molecule has 0 bridgehead atoms. The predicted molar refractivity (Wildman–Crippen MR) is 97.5 cm³/mol. The zero-order valence-electron chi connectivity index (χ0n) is 14.8. The molecule has 1 aliphatic heterocycles. The number of ether oxygens (including phenoxy) is 1. The highest BCUT2D eigenvalue weighted by Crippen LogP contribution is 2.33. The van der Waals surface area contributed by atoms with Crippen molar-refractivity contribution in [2.24, 2.45) is 0 Å². The van der Waals surface area contributed by atoms with Gasteiger partial charge in [0.05, 0.1) is 7.11 Å². The fourth-order valence-corrected chi connectivity index (χ4v) is 3.56. The van der Waals surface area contributed by atoms with Crippen LogP contribution in [0.15, 0.2) is 39.9 Å². The Morgan fingerprint density at radius 3 is 2.56 bits per heavy atom. The van der Waals surface area contributed by atoms with Crippen LogP contribution in [0.3, 0.4) is 0 Å². The Morgan fingerprint density at radius 1 is 1.16 bits per heavy atom. The SMILES string of the molecule is COc1ccccc1C1CCN(CCn2c(=O)cc(C)[nH]c2=O)CC1. The van der Waals surface area contributed by atoms with Crippen molar-refractivity contribution in [2.75, 3.05) is 26.7 Å². The molecule has 0 radical (unpaired) electrons. The monoisotopic (exact) mass is 343 g/mol. The van der Waals surface area contributed by atoms with Crippen LogP contribution >= 0.6 is 0 Å². The van der Waals surface area contributed by atoms with Crippen molar-refractivity contribution < 1.29 is 4.74 Å². The minimum atomic E-state index is -0.325. The van der Waals surface area contributed by atoms with Gasteiger partial charge in [-0.2, -0.15) is 0 Å². The Kier molecular flexibility index (Phi) is 5.38. The molecule has 2 aromatic rings. The van der Waals surface area contributed by atoms with Crippen molar-refractivity contribution in [3.8, 4) is 5.75 Å². The van der Waals surface area contributed by atoms with E-state index in [0.29, 0.717) is 24.7 Å². The van der Waals surface area contributed by atoms with E-state index in [4.69, 9.17) is 4.74 Å². The molecule has 1 aromatic carbocycles. The number of hydrogen-bond acceptors (Lipinski definition) is 4. The molecule has 6 nitrogen and oxygen atoms in total. The predicted octanol–water partition coefficient (Wildman–Crippen LogP) is 1.73. The number of nitrogens with one attached hydrogen (secondary N) is 1. The van der Waals surface area contributed by atoms with Crippen LogP contribution in [-0.4, -0.2) is 41.2 Å². The zero-order valence-corrected chi connectivity index (χ0v) is 14.8. The van der Waals surface area contributed by atoms with Gasteiger partial charge in [-0.05, 0) is 50.4 Å². The standard InChI is InChI=1S/C19H25N3O3/c1-14-13-18(23)22(19(24)20-14)12-11-21-9-7-15(8-10-21)16-5-3-4-6-17(16)25-2/h3-6,13,15H,7-12H2,1-2H3,(H,20,24). The molecule has 0 unspecified atom stereocenters.